The lowest BCUT2D eigenvalue weighted by atomic mass is 10.1. The highest BCUT2D eigenvalue weighted by molar-refractivity contribution is 5.07. The van der Waals surface area contributed by atoms with Gasteiger partial charge in [-0.25, -0.2) is 0 Å². The summed E-state index contributed by atoms with van der Waals surface area (Å²) in [5.74, 6) is 0. The van der Waals surface area contributed by atoms with Gasteiger partial charge in [0.1, 0.15) is 0 Å². The molecule has 0 aromatic heterocycles. The third-order valence-electron chi connectivity index (χ3n) is 3.59. The van der Waals surface area contributed by atoms with Crippen LogP contribution in [0.2, 0.25) is 0 Å². The molecule has 128 valence electrons. The summed E-state index contributed by atoms with van der Waals surface area (Å²) in [6.07, 6.45) is 32.0. The minimum Gasteiger partial charge on any atom is -0.0885 e. The molecule has 1 aromatic rings. The average molecular weight is 321 g/mol. The molecule has 0 amide bonds. The van der Waals surface area contributed by atoms with E-state index in [1.165, 1.54) is 38.5 Å². The molecule has 0 radical (unpaired) electrons. The van der Waals surface area contributed by atoms with E-state index >= 15 is 0 Å². The van der Waals surface area contributed by atoms with Crippen LogP contribution < -0.4 is 0 Å². The quantitative estimate of drug-likeness (QED) is 0.432. The van der Waals surface area contributed by atoms with Gasteiger partial charge in [0.25, 0.3) is 0 Å². The van der Waals surface area contributed by atoms with E-state index in [1.807, 2.05) is 36.4 Å². The van der Waals surface area contributed by atoms with E-state index in [4.69, 9.17) is 0 Å². The van der Waals surface area contributed by atoms with Gasteiger partial charge in [-0.05, 0) is 51.4 Å². The summed E-state index contributed by atoms with van der Waals surface area (Å²) >= 11 is 0. The zero-order valence-corrected chi connectivity index (χ0v) is 14.9. The highest BCUT2D eigenvalue weighted by Gasteiger charge is 1.87. The number of allylic oxidation sites excluding steroid dienone is 10. The number of hydrogen-bond acceptors (Lipinski definition) is 0. The van der Waals surface area contributed by atoms with Crippen molar-refractivity contribution in [1.29, 1.82) is 0 Å². The molecule has 3 aliphatic rings. The van der Waals surface area contributed by atoms with E-state index < -0.39 is 0 Å². The van der Waals surface area contributed by atoms with Crippen LogP contribution in [0, 0.1) is 0 Å². The van der Waals surface area contributed by atoms with Crippen molar-refractivity contribution in [2.45, 2.75) is 51.4 Å². The normalized spacial score (nSPS) is 16.7. The van der Waals surface area contributed by atoms with Crippen LogP contribution >= 0.6 is 0 Å². The predicted molar refractivity (Wildman–Crippen MR) is 109 cm³/mol. The monoisotopic (exact) mass is 320 g/mol. The van der Waals surface area contributed by atoms with Crippen molar-refractivity contribution in [3.8, 4) is 0 Å². The SMILES string of the molecule is C1=CCC=CC1.C1=CCCC=C1.C1=CCCCC1.c1ccccc1. The Labute approximate surface area is 149 Å². The van der Waals surface area contributed by atoms with E-state index in [-0.39, 0.29) is 0 Å². The van der Waals surface area contributed by atoms with Gasteiger partial charge in [0.2, 0.25) is 0 Å². The Morgan fingerprint density at radius 2 is 0.708 bits per heavy atom. The minimum atomic E-state index is 1.14. The Bertz CT molecular complexity index is 431. The summed E-state index contributed by atoms with van der Waals surface area (Å²) in [5.41, 5.74) is 0. The van der Waals surface area contributed by atoms with Crippen molar-refractivity contribution < 1.29 is 0 Å². The van der Waals surface area contributed by atoms with Crippen LogP contribution in [-0.4, -0.2) is 0 Å². The first-order valence-electron chi connectivity index (χ1n) is 9.27. The molecule has 0 bridgehead atoms. The number of rotatable bonds is 0. The van der Waals surface area contributed by atoms with Crippen LogP contribution in [0.5, 0.6) is 0 Å². The molecule has 0 fully saturated rings. The van der Waals surface area contributed by atoms with E-state index in [0.717, 1.165) is 12.8 Å². The maximum Gasteiger partial charge on any atom is -0.0169 e. The Morgan fingerprint density at radius 1 is 0.333 bits per heavy atom. The Kier molecular flexibility index (Phi) is 14.4. The second-order valence-corrected chi connectivity index (χ2v) is 5.76. The van der Waals surface area contributed by atoms with Gasteiger partial charge in [-0.2, -0.15) is 0 Å². The Hall–Kier alpha value is -2.08. The van der Waals surface area contributed by atoms with Gasteiger partial charge in [0, 0.05) is 0 Å². The van der Waals surface area contributed by atoms with Crippen LogP contribution in [0.25, 0.3) is 0 Å². The second-order valence-electron chi connectivity index (χ2n) is 5.76. The van der Waals surface area contributed by atoms with Crippen molar-refractivity contribution in [1.82, 2.24) is 0 Å². The Balaban J connectivity index is 0.000000160. The fourth-order valence-electron chi connectivity index (χ4n) is 2.23. The van der Waals surface area contributed by atoms with Gasteiger partial charge in [-0.15, -0.1) is 0 Å². The molecule has 24 heavy (non-hydrogen) atoms. The van der Waals surface area contributed by atoms with Crippen LogP contribution in [0.3, 0.4) is 0 Å². The first-order valence-corrected chi connectivity index (χ1v) is 9.27. The maximum atomic E-state index is 2.27. The molecule has 0 N–H and O–H groups in total. The minimum absolute atomic E-state index is 1.14. The summed E-state index contributed by atoms with van der Waals surface area (Å²) in [5, 5.41) is 0. The summed E-state index contributed by atoms with van der Waals surface area (Å²) in [4.78, 5) is 0. The molecule has 0 aliphatic heterocycles. The lowest BCUT2D eigenvalue weighted by Gasteiger charge is -1.97. The van der Waals surface area contributed by atoms with Crippen LogP contribution in [0.1, 0.15) is 51.4 Å². The molecule has 3 aliphatic carbocycles. The van der Waals surface area contributed by atoms with Crippen LogP contribution in [0.15, 0.2) is 97.2 Å². The van der Waals surface area contributed by atoms with Crippen LogP contribution in [0.4, 0.5) is 0 Å². The first kappa shape index (κ1) is 20.0. The number of hydrogen-bond donors (Lipinski definition) is 0. The van der Waals surface area contributed by atoms with Crippen LogP contribution in [-0.2, 0) is 0 Å². The molecule has 0 atom stereocenters. The number of benzene rings is 1. The van der Waals surface area contributed by atoms with Crippen molar-refractivity contribution in [3.63, 3.8) is 0 Å². The second kappa shape index (κ2) is 17.3. The van der Waals surface area contributed by atoms with Crippen molar-refractivity contribution in [3.05, 3.63) is 97.2 Å². The molecule has 0 unspecified atom stereocenters. The van der Waals surface area contributed by atoms with Gasteiger partial charge in [0.15, 0.2) is 0 Å². The molecule has 0 spiro atoms. The van der Waals surface area contributed by atoms with E-state index in [1.54, 1.807) is 0 Å². The summed E-state index contributed by atoms with van der Waals surface area (Å²) in [6.45, 7) is 0. The lowest BCUT2D eigenvalue weighted by Crippen LogP contribution is -1.77. The van der Waals surface area contributed by atoms with Gasteiger partial charge in [0.05, 0.1) is 0 Å². The smallest absolute Gasteiger partial charge is 0.0169 e. The van der Waals surface area contributed by atoms with E-state index in [0.29, 0.717) is 0 Å². The van der Waals surface area contributed by atoms with Crippen molar-refractivity contribution in [2.24, 2.45) is 0 Å². The molecule has 0 saturated heterocycles. The fraction of sp³-hybridized carbons (Fsp3) is 0.333. The summed E-state index contributed by atoms with van der Waals surface area (Å²) < 4.78 is 0. The lowest BCUT2D eigenvalue weighted by molar-refractivity contribution is 0.730. The Morgan fingerprint density at radius 3 is 0.875 bits per heavy atom. The molecule has 4 rings (SSSR count). The van der Waals surface area contributed by atoms with Gasteiger partial charge >= 0.3 is 0 Å². The third kappa shape index (κ3) is 14.8. The largest absolute Gasteiger partial charge is 0.0885 e. The molecule has 1 aromatic carbocycles. The van der Waals surface area contributed by atoms with E-state index in [9.17, 15) is 0 Å². The summed E-state index contributed by atoms with van der Waals surface area (Å²) in [7, 11) is 0. The zero-order valence-electron chi connectivity index (χ0n) is 14.9. The van der Waals surface area contributed by atoms with Gasteiger partial charge < -0.3 is 0 Å². The predicted octanol–water partition coefficient (Wildman–Crippen LogP) is 7.59. The fourth-order valence-corrected chi connectivity index (χ4v) is 2.23. The molecular formula is C24H32. The van der Waals surface area contributed by atoms with Gasteiger partial charge in [-0.3, -0.25) is 0 Å². The third-order valence-corrected chi connectivity index (χ3v) is 3.59. The van der Waals surface area contributed by atoms with Gasteiger partial charge in [-0.1, -0.05) is 97.2 Å². The van der Waals surface area contributed by atoms with Crippen molar-refractivity contribution >= 4 is 0 Å². The first-order chi connectivity index (χ1) is 12.0. The maximum absolute atomic E-state index is 2.27. The summed E-state index contributed by atoms with van der Waals surface area (Å²) in [6, 6.07) is 12.0. The topological polar surface area (TPSA) is 0 Å². The highest BCUT2D eigenvalue weighted by atomic mass is 13.9. The van der Waals surface area contributed by atoms with E-state index in [2.05, 4.69) is 60.8 Å². The molecule has 0 heterocycles. The molecule has 0 heteroatoms. The standard InChI is InChI=1S/C6H10.2C6H8.C6H6/c4*1-2-4-6-5-3-1/h1-2H,3-6H2;1-2,5-6H,3-4H2;1-4H,5-6H2;1-6H. The highest BCUT2D eigenvalue weighted by Crippen LogP contribution is 2.07. The zero-order chi connectivity index (χ0) is 17.0. The average Bonchev–Trinajstić information content (AvgIpc) is 2.75. The molecular weight excluding hydrogens is 288 g/mol. The van der Waals surface area contributed by atoms with Crippen molar-refractivity contribution in [2.75, 3.05) is 0 Å². The molecule has 0 saturated carbocycles. The molecule has 0 nitrogen and oxygen atoms in total.